The monoisotopic (exact) mass is 462 g/mol. The van der Waals surface area contributed by atoms with Crippen molar-refractivity contribution in [2.24, 2.45) is 5.92 Å². The van der Waals surface area contributed by atoms with Crippen LogP contribution in [0.25, 0.3) is 0 Å². The number of methoxy groups -OCH3 is 1. The average molecular weight is 463 g/mol. The number of ketones is 1. The molecule has 2 atom stereocenters. The molecule has 0 bridgehead atoms. The lowest BCUT2D eigenvalue weighted by atomic mass is 9.84. The first-order valence-corrected chi connectivity index (χ1v) is 12.2. The Kier molecular flexibility index (Phi) is 7.66. The molecule has 180 valence electrons. The number of likely N-dealkylation sites (tertiary alicyclic amines) is 1. The molecule has 2 heterocycles. The summed E-state index contributed by atoms with van der Waals surface area (Å²) in [5.74, 6) is 1.03. The highest BCUT2D eigenvalue weighted by molar-refractivity contribution is 5.85. The second kappa shape index (κ2) is 10.9. The average Bonchev–Trinajstić information content (AvgIpc) is 3.24. The molecule has 0 aromatic heterocycles. The normalized spacial score (nSPS) is 22.3. The molecule has 2 unspecified atom stereocenters. The molecular formula is C28H34N2O4. The highest BCUT2D eigenvalue weighted by Crippen LogP contribution is 2.31. The minimum absolute atomic E-state index is 0.0468. The summed E-state index contributed by atoms with van der Waals surface area (Å²) in [4.78, 5) is 39.9. The highest BCUT2D eigenvalue weighted by Gasteiger charge is 2.38. The summed E-state index contributed by atoms with van der Waals surface area (Å²) in [5.41, 5.74) is 1.73. The summed E-state index contributed by atoms with van der Waals surface area (Å²) in [6.07, 6.45) is 4.99. The molecule has 0 aliphatic carbocycles. The Labute approximate surface area is 201 Å². The maximum absolute atomic E-state index is 13.1. The second-order valence-electron chi connectivity index (χ2n) is 9.66. The van der Waals surface area contributed by atoms with E-state index in [4.69, 9.17) is 4.74 Å². The lowest BCUT2D eigenvalue weighted by molar-refractivity contribution is -0.135. The van der Waals surface area contributed by atoms with Crippen LogP contribution in [0.5, 0.6) is 5.75 Å². The van der Waals surface area contributed by atoms with Crippen molar-refractivity contribution in [3.63, 3.8) is 0 Å². The van der Waals surface area contributed by atoms with E-state index in [1.54, 1.807) is 7.11 Å². The molecule has 2 aliphatic heterocycles. The Morgan fingerprint density at radius 3 is 2.53 bits per heavy atom. The van der Waals surface area contributed by atoms with Crippen molar-refractivity contribution in [3.05, 3.63) is 65.7 Å². The van der Waals surface area contributed by atoms with E-state index in [0.29, 0.717) is 45.2 Å². The van der Waals surface area contributed by atoms with Gasteiger partial charge in [-0.05, 0) is 55.4 Å². The third-order valence-electron chi connectivity index (χ3n) is 7.20. The SMILES string of the molecule is COc1ccc(CC2(CCC(=O)N3CCCC(C(=O)Cc4ccccc4)C3)CCC(=O)N2)cc1. The zero-order valence-electron chi connectivity index (χ0n) is 19.9. The minimum atomic E-state index is -0.403. The smallest absolute Gasteiger partial charge is 0.222 e. The summed E-state index contributed by atoms with van der Waals surface area (Å²) in [6, 6.07) is 17.7. The fourth-order valence-corrected chi connectivity index (χ4v) is 5.23. The van der Waals surface area contributed by atoms with Crippen molar-refractivity contribution < 1.29 is 19.1 Å². The predicted molar refractivity (Wildman–Crippen MR) is 130 cm³/mol. The number of carbonyl (C=O) groups is 3. The van der Waals surface area contributed by atoms with Crippen molar-refractivity contribution in [1.82, 2.24) is 10.2 Å². The summed E-state index contributed by atoms with van der Waals surface area (Å²) in [5, 5.41) is 3.16. The molecule has 2 aromatic rings. The van der Waals surface area contributed by atoms with Crippen LogP contribution in [0.2, 0.25) is 0 Å². The van der Waals surface area contributed by atoms with Gasteiger partial charge in [0.2, 0.25) is 11.8 Å². The molecular weight excluding hydrogens is 428 g/mol. The topological polar surface area (TPSA) is 75.7 Å². The molecule has 2 saturated heterocycles. The Bertz CT molecular complexity index is 1000. The molecule has 0 radical (unpaired) electrons. The fraction of sp³-hybridized carbons (Fsp3) is 0.464. The third-order valence-corrected chi connectivity index (χ3v) is 7.20. The van der Waals surface area contributed by atoms with Crippen LogP contribution >= 0.6 is 0 Å². The molecule has 2 aromatic carbocycles. The van der Waals surface area contributed by atoms with E-state index < -0.39 is 5.54 Å². The van der Waals surface area contributed by atoms with Crippen LogP contribution in [-0.4, -0.2) is 48.2 Å². The van der Waals surface area contributed by atoms with Gasteiger partial charge in [-0.1, -0.05) is 42.5 Å². The number of hydrogen-bond acceptors (Lipinski definition) is 4. The largest absolute Gasteiger partial charge is 0.497 e. The van der Waals surface area contributed by atoms with Crippen molar-refractivity contribution in [1.29, 1.82) is 0 Å². The van der Waals surface area contributed by atoms with Crippen LogP contribution in [0.4, 0.5) is 0 Å². The quantitative estimate of drug-likeness (QED) is 0.616. The lowest BCUT2D eigenvalue weighted by Gasteiger charge is -2.34. The maximum Gasteiger partial charge on any atom is 0.222 e. The fourth-order valence-electron chi connectivity index (χ4n) is 5.23. The molecule has 6 nitrogen and oxygen atoms in total. The standard InChI is InChI=1S/C28H34N2O4/c1-34-24-11-9-22(10-12-24)19-28(15-13-26(32)29-28)16-14-27(33)30-17-5-8-23(20-30)25(31)18-21-6-3-2-4-7-21/h2-4,6-7,9-12,23H,5,8,13-20H2,1H3,(H,29,32). The zero-order valence-corrected chi connectivity index (χ0v) is 19.9. The van der Waals surface area contributed by atoms with E-state index in [2.05, 4.69) is 5.32 Å². The molecule has 2 amide bonds. The van der Waals surface area contributed by atoms with Crippen LogP contribution in [0, 0.1) is 5.92 Å². The van der Waals surface area contributed by atoms with E-state index in [0.717, 1.165) is 36.1 Å². The van der Waals surface area contributed by atoms with Crippen molar-refractivity contribution in [3.8, 4) is 5.75 Å². The number of ether oxygens (including phenoxy) is 1. The molecule has 1 N–H and O–H groups in total. The first kappa shape index (κ1) is 24.0. The van der Waals surface area contributed by atoms with Gasteiger partial charge >= 0.3 is 0 Å². The Hall–Kier alpha value is -3.15. The molecule has 6 heteroatoms. The molecule has 2 fully saturated rings. The van der Waals surface area contributed by atoms with Gasteiger partial charge in [0.1, 0.15) is 11.5 Å². The number of amides is 2. The zero-order chi connectivity index (χ0) is 24.0. The minimum Gasteiger partial charge on any atom is -0.497 e. The number of hydrogen-bond donors (Lipinski definition) is 1. The van der Waals surface area contributed by atoms with Gasteiger partial charge in [0.25, 0.3) is 0 Å². The Balaban J connectivity index is 1.34. The van der Waals surface area contributed by atoms with E-state index >= 15 is 0 Å². The number of nitrogens with one attached hydrogen (secondary N) is 1. The summed E-state index contributed by atoms with van der Waals surface area (Å²) in [7, 11) is 1.64. The van der Waals surface area contributed by atoms with Crippen LogP contribution in [0.1, 0.15) is 49.7 Å². The van der Waals surface area contributed by atoms with Gasteiger partial charge in [0.05, 0.1) is 7.11 Å². The maximum atomic E-state index is 13.1. The van der Waals surface area contributed by atoms with Crippen molar-refractivity contribution in [2.75, 3.05) is 20.2 Å². The summed E-state index contributed by atoms with van der Waals surface area (Å²) < 4.78 is 5.24. The summed E-state index contributed by atoms with van der Waals surface area (Å²) in [6.45, 7) is 1.20. The molecule has 4 rings (SSSR count). The van der Waals surface area contributed by atoms with E-state index in [-0.39, 0.29) is 23.5 Å². The second-order valence-corrected chi connectivity index (χ2v) is 9.66. The molecule has 0 saturated carbocycles. The molecule has 2 aliphatic rings. The first-order chi connectivity index (χ1) is 16.5. The highest BCUT2D eigenvalue weighted by atomic mass is 16.5. The number of rotatable bonds is 9. The van der Waals surface area contributed by atoms with Gasteiger partial charge in [0, 0.05) is 43.8 Å². The number of piperidine rings is 1. The summed E-state index contributed by atoms with van der Waals surface area (Å²) >= 11 is 0. The van der Waals surface area contributed by atoms with Gasteiger partial charge < -0.3 is 15.0 Å². The lowest BCUT2D eigenvalue weighted by Crippen LogP contribution is -2.46. The molecule has 0 spiro atoms. The van der Waals surface area contributed by atoms with Crippen LogP contribution in [0.15, 0.2) is 54.6 Å². The van der Waals surface area contributed by atoms with E-state index in [9.17, 15) is 14.4 Å². The van der Waals surface area contributed by atoms with E-state index in [1.807, 2.05) is 59.5 Å². The van der Waals surface area contributed by atoms with Crippen molar-refractivity contribution in [2.45, 2.75) is 56.9 Å². The van der Waals surface area contributed by atoms with Gasteiger partial charge in [0.15, 0.2) is 0 Å². The van der Waals surface area contributed by atoms with Crippen LogP contribution in [0.3, 0.4) is 0 Å². The van der Waals surface area contributed by atoms with E-state index in [1.165, 1.54) is 0 Å². The van der Waals surface area contributed by atoms with Gasteiger partial charge in [-0.2, -0.15) is 0 Å². The van der Waals surface area contributed by atoms with Gasteiger partial charge in [-0.15, -0.1) is 0 Å². The number of carbonyl (C=O) groups excluding carboxylic acids is 3. The first-order valence-electron chi connectivity index (χ1n) is 12.2. The van der Waals surface area contributed by atoms with Gasteiger partial charge in [-0.25, -0.2) is 0 Å². The van der Waals surface area contributed by atoms with Crippen LogP contribution in [-0.2, 0) is 27.2 Å². The third kappa shape index (κ3) is 6.04. The number of nitrogens with zero attached hydrogens (tertiary/aromatic N) is 1. The number of benzene rings is 2. The Morgan fingerprint density at radius 2 is 1.85 bits per heavy atom. The van der Waals surface area contributed by atoms with Gasteiger partial charge in [-0.3, -0.25) is 14.4 Å². The molecule has 34 heavy (non-hydrogen) atoms. The Morgan fingerprint density at radius 1 is 1.09 bits per heavy atom. The van der Waals surface area contributed by atoms with Crippen LogP contribution < -0.4 is 10.1 Å². The van der Waals surface area contributed by atoms with Crippen molar-refractivity contribution >= 4 is 17.6 Å². The predicted octanol–water partition coefficient (Wildman–Crippen LogP) is 3.72. The number of Topliss-reactive ketones (excluding diaryl/α,β-unsaturated/α-hetero) is 1.